The summed E-state index contributed by atoms with van der Waals surface area (Å²) in [6.45, 7) is 7.81. The van der Waals surface area contributed by atoms with Gasteiger partial charge in [0.05, 0.1) is 6.54 Å². The van der Waals surface area contributed by atoms with Crippen LogP contribution in [0.4, 0.5) is 0 Å². The number of aliphatic hydroxyl groups is 1. The fraction of sp³-hybridized carbons (Fsp3) is 0.381. The van der Waals surface area contributed by atoms with Gasteiger partial charge in [0, 0.05) is 35.1 Å². The Morgan fingerprint density at radius 2 is 2.11 bits per heavy atom. The quantitative estimate of drug-likeness (QED) is 0.218. The van der Waals surface area contributed by atoms with E-state index in [2.05, 4.69) is 51.9 Å². The van der Waals surface area contributed by atoms with Crippen molar-refractivity contribution in [2.75, 3.05) is 19.6 Å². The zero-order valence-electron chi connectivity index (χ0n) is 16.6. The number of aromatic amines is 1. The van der Waals surface area contributed by atoms with Gasteiger partial charge >= 0.3 is 0 Å². The smallest absolute Gasteiger partial charge is 0.191 e. The van der Waals surface area contributed by atoms with Gasteiger partial charge in [-0.3, -0.25) is 0 Å². The largest absolute Gasteiger partial charge is 0.383 e. The summed E-state index contributed by atoms with van der Waals surface area (Å²) < 4.78 is 0. The first-order valence-corrected chi connectivity index (χ1v) is 10.2. The van der Waals surface area contributed by atoms with Gasteiger partial charge in [0.15, 0.2) is 5.96 Å². The van der Waals surface area contributed by atoms with Gasteiger partial charge in [-0.25, -0.2) is 4.99 Å². The van der Waals surface area contributed by atoms with E-state index in [9.17, 15) is 5.11 Å². The van der Waals surface area contributed by atoms with Gasteiger partial charge in [-0.2, -0.15) is 0 Å². The Morgan fingerprint density at radius 1 is 1.29 bits per heavy atom. The third-order valence-corrected chi connectivity index (χ3v) is 5.67. The van der Waals surface area contributed by atoms with Crippen molar-refractivity contribution in [3.05, 3.63) is 57.9 Å². The first-order valence-electron chi connectivity index (χ1n) is 9.35. The van der Waals surface area contributed by atoms with Crippen molar-refractivity contribution < 1.29 is 5.11 Å². The maximum absolute atomic E-state index is 10.7. The first kappa shape index (κ1) is 22.7. The molecule has 0 aliphatic heterocycles. The van der Waals surface area contributed by atoms with Crippen LogP contribution < -0.4 is 10.6 Å². The average molecular weight is 512 g/mol. The van der Waals surface area contributed by atoms with Gasteiger partial charge in [-0.15, -0.1) is 35.3 Å². The summed E-state index contributed by atoms with van der Waals surface area (Å²) in [6.07, 6.45) is 2.98. The lowest BCUT2D eigenvalue weighted by Crippen LogP contribution is -2.39. The number of guanidine groups is 1. The maximum Gasteiger partial charge on any atom is 0.191 e. The normalized spacial score (nSPS) is 13.8. The number of benzene rings is 1. The van der Waals surface area contributed by atoms with Crippen LogP contribution >= 0.6 is 35.3 Å². The second kappa shape index (κ2) is 10.3. The molecule has 1 unspecified atom stereocenters. The summed E-state index contributed by atoms with van der Waals surface area (Å²) in [5.74, 6) is 0.727. The highest BCUT2D eigenvalue weighted by Gasteiger charge is 2.23. The minimum absolute atomic E-state index is 0. The molecule has 0 radical (unpaired) electrons. The van der Waals surface area contributed by atoms with Crippen molar-refractivity contribution in [3.63, 3.8) is 0 Å². The average Bonchev–Trinajstić information content (AvgIpc) is 3.30. The minimum atomic E-state index is -0.953. The summed E-state index contributed by atoms with van der Waals surface area (Å²) in [5.41, 5.74) is 2.77. The van der Waals surface area contributed by atoms with Gasteiger partial charge in [-0.05, 0) is 55.8 Å². The predicted molar refractivity (Wildman–Crippen MR) is 130 cm³/mol. The number of halogens is 1. The summed E-state index contributed by atoms with van der Waals surface area (Å²) in [7, 11) is 0. The Balaban J connectivity index is 0.00000280. The fourth-order valence-corrected chi connectivity index (χ4v) is 3.84. The number of nitrogens with zero attached hydrogens (tertiary/aromatic N) is 1. The molecule has 0 spiro atoms. The topological polar surface area (TPSA) is 72.4 Å². The molecule has 4 N–H and O–H groups in total. The number of aryl methyl sites for hydroxylation is 1. The summed E-state index contributed by atoms with van der Waals surface area (Å²) in [6, 6.07) is 10.4. The molecular formula is C21H29IN4OS. The van der Waals surface area contributed by atoms with E-state index >= 15 is 0 Å². The van der Waals surface area contributed by atoms with Crippen LogP contribution in [0.15, 0.2) is 46.9 Å². The van der Waals surface area contributed by atoms with Gasteiger partial charge in [-0.1, -0.05) is 18.2 Å². The molecule has 1 aromatic carbocycles. The predicted octanol–water partition coefficient (Wildman–Crippen LogP) is 4.16. The first-order chi connectivity index (χ1) is 13.0. The number of nitrogens with one attached hydrogen (secondary N) is 3. The molecule has 0 saturated carbocycles. The highest BCUT2D eigenvalue weighted by molar-refractivity contribution is 14.0. The highest BCUT2D eigenvalue weighted by atomic mass is 127. The van der Waals surface area contributed by atoms with E-state index in [0.717, 1.165) is 30.3 Å². The molecule has 3 rings (SSSR count). The van der Waals surface area contributed by atoms with Crippen LogP contribution in [0.25, 0.3) is 10.9 Å². The molecule has 152 valence electrons. The zero-order valence-corrected chi connectivity index (χ0v) is 19.7. The lowest BCUT2D eigenvalue weighted by molar-refractivity contribution is 0.0711. The SMILES string of the molecule is CCNC(=NCC(C)(O)c1cccs1)NCCc1c[nH]c2cc(C)ccc12.I. The molecule has 0 aliphatic rings. The number of aromatic nitrogens is 1. The molecule has 2 heterocycles. The van der Waals surface area contributed by atoms with E-state index < -0.39 is 5.60 Å². The number of hydrogen-bond donors (Lipinski definition) is 4. The van der Waals surface area contributed by atoms with Crippen LogP contribution in [0.1, 0.15) is 29.9 Å². The molecule has 2 aromatic heterocycles. The monoisotopic (exact) mass is 512 g/mol. The van der Waals surface area contributed by atoms with E-state index in [1.165, 1.54) is 22.0 Å². The molecule has 0 aliphatic carbocycles. The van der Waals surface area contributed by atoms with Crippen molar-refractivity contribution in [2.45, 2.75) is 32.8 Å². The van der Waals surface area contributed by atoms with E-state index in [1.54, 1.807) is 18.3 Å². The molecule has 7 heteroatoms. The van der Waals surface area contributed by atoms with Gasteiger partial charge in [0.25, 0.3) is 0 Å². The number of thiophene rings is 1. The van der Waals surface area contributed by atoms with Crippen LogP contribution in [0.2, 0.25) is 0 Å². The highest BCUT2D eigenvalue weighted by Crippen LogP contribution is 2.25. The Hall–Kier alpha value is -1.58. The van der Waals surface area contributed by atoms with Crippen LogP contribution in [-0.2, 0) is 12.0 Å². The number of H-pyrrole nitrogens is 1. The van der Waals surface area contributed by atoms with Crippen molar-refractivity contribution >= 4 is 52.2 Å². The third kappa shape index (κ3) is 5.71. The van der Waals surface area contributed by atoms with Crippen LogP contribution in [0, 0.1) is 6.92 Å². The van der Waals surface area contributed by atoms with Crippen LogP contribution in [-0.4, -0.2) is 35.7 Å². The van der Waals surface area contributed by atoms with Crippen molar-refractivity contribution in [1.82, 2.24) is 15.6 Å². The van der Waals surface area contributed by atoms with Crippen molar-refractivity contribution in [1.29, 1.82) is 0 Å². The molecule has 3 aromatic rings. The maximum atomic E-state index is 10.7. The van der Waals surface area contributed by atoms with Gasteiger partial charge in [0.2, 0.25) is 0 Å². The standard InChI is InChI=1S/C21H28N4OS.HI/c1-4-22-20(25-14-21(3,26)19-6-5-11-27-19)23-10-9-16-13-24-18-12-15(2)7-8-17(16)18;/h5-8,11-13,24,26H,4,9-10,14H2,1-3H3,(H2,22,23,25);1H. The lowest BCUT2D eigenvalue weighted by Gasteiger charge is -2.20. The second-order valence-electron chi connectivity index (χ2n) is 6.99. The minimum Gasteiger partial charge on any atom is -0.383 e. The number of hydrogen-bond acceptors (Lipinski definition) is 3. The molecule has 0 saturated heterocycles. The zero-order chi connectivity index (χ0) is 19.3. The molecular weight excluding hydrogens is 483 g/mol. The molecule has 5 nitrogen and oxygen atoms in total. The summed E-state index contributed by atoms with van der Waals surface area (Å²) in [5, 5.41) is 20.5. The fourth-order valence-electron chi connectivity index (χ4n) is 3.06. The van der Waals surface area contributed by atoms with E-state index in [4.69, 9.17) is 0 Å². The van der Waals surface area contributed by atoms with E-state index in [-0.39, 0.29) is 24.0 Å². The number of fused-ring (bicyclic) bond motifs is 1. The van der Waals surface area contributed by atoms with Gasteiger partial charge < -0.3 is 20.7 Å². The molecule has 28 heavy (non-hydrogen) atoms. The second-order valence-corrected chi connectivity index (χ2v) is 7.93. The number of aliphatic imine (C=N–C) groups is 1. The Morgan fingerprint density at radius 3 is 2.82 bits per heavy atom. The Bertz CT molecular complexity index is 902. The Labute approximate surface area is 187 Å². The van der Waals surface area contributed by atoms with Crippen molar-refractivity contribution in [2.24, 2.45) is 4.99 Å². The van der Waals surface area contributed by atoms with Crippen molar-refractivity contribution in [3.8, 4) is 0 Å². The molecule has 0 bridgehead atoms. The summed E-state index contributed by atoms with van der Waals surface area (Å²) in [4.78, 5) is 8.85. The Kier molecular flexibility index (Phi) is 8.33. The van der Waals surface area contributed by atoms with E-state index in [0.29, 0.717) is 6.54 Å². The molecule has 0 fully saturated rings. The molecule has 0 amide bonds. The van der Waals surface area contributed by atoms with Crippen LogP contribution in [0.5, 0.6) is 0 Å². The summed E-state index contributed by atoms with van der Waals surface area (Å²) >= 11 is 1.55. The molecule has 1 atom stereocenters. The number of rotatable bonds is 7. The van der Waals surface area contributed by atoms with E-state index in [1.807, 2.05) is 24.4 Å². The third-order valence-electron chi connectivity index (χ3n) is 4.55. The lowest BCUT2D eigenvalue weighted by atomic mass is 10.1. The van der Waals surface area contributed by atoms with Gasteiger partial charge in [0.1, 0.15) is 5.60 Å². The van der Waals surface area contributed by atoms with Crippen LogP contribution in [0.3, 0.4) is 0 Å².